The van der Waals surface area contributed by atoms with E-state index in [0.717, 1.165) is 6.20 Å². The Bertz CT molecular complexity index is 1450. The van der Waals surface area contributed by atoms with Crippen LogP contribution in [0.4, 0.5) is 13.6 Å². The summed E-state index contributed by atoms with van der Waals surface area (Å²) >= 11 is 0. The van der Waals surface area contributed by atoms with Gasteiger partial charge in [-0.15, -0.1) is 0 Å². The van der Waals surface area contributed by atoms with Crippen molar-refractivity contribution >= 4 is 18.2 Å². The lowest BCUT2D eigenvalue weighted by Crippen LogP contribution is -2.60. The summed E-state index contributed by atoms with van der Waals surface area (Å²) in [6.07, 6.45) is 5.42. The summed E-state index contributed by atoms with van der Waals surface area (Å²) in [6, 6.07) is 2.51. The molecule has 13 heteroatoms. The summed E-state index contributed by atoms with van der Waals surface area (Å²) in [6.45, 7) is 3.49. The molecule has 1 fully saturated rings. The van der Waals surface area contributed by atoms with Gasteiger partial charge in [0.05, 0.1) is 42.8 Å². The molecule has 196 valence electrons. The van der Waals surface area contributed by atoms with Crippen LogP contribution in [0.25, 0.3) is 5.82 Å². The van der Waals surface area contributed by atoms with Crippen molar-refractivity contribution in [2.75, 3.05) is 13.1 Å². The van der Waals surface area contributed by atoms with E-state index in [1.54, 1.807) is 20.1 Å². The van der Waals surface area contributed by atoms with Crippen LogP contribution in [0.1, 0.15) is 34.6 Å². The number of amides is 2. The maximum absolute atomic E-state index is 14.5. The number of likely N-dealkylation sites (tertiary alicyclic amines) is 1. The monoisotopic (exact) mass is 523 g/mol. The molecule has 2 aromatic rings. The Morgan fingerprint density at radius 2 is 2.03 bits per heavy atom. The average molecular weight is 524 g/mol. The van der Waals surface area contributed by atoms with Crippen LogP contribution in [0.3, 0.4) is 0 Å². The number of halogens is 2. The van der Waals surface area contributed by atoms with Crippen molar-refractivity contribution in [3.63, 3.8) is 0 Å². The number of hydrogen-bond donors (Lipinski definition) is 1. The number of rotatable bonds is 5. The van der Waals surface area contributed by atoms with E-state index in [9.17, 15) is 28.7 Å². The predicted octanol–water partition coefficient (Wildman–Crippen LogP) is 3.29. The zero-order valence-electron chi connectivity index (χ0n) is 20.5. The lowest BCUT2D eigenvalue weighted by molar-refractivity contribution is 0.0236. The third kappa shape index (κ3) is 4.49. The molecular weight excluding hydrogens is 500 g/mol. The first kappa shape index (κ1) is 25.1. The van der Waals surface area contributed by atoms with Gasteiger partial charge < -0.3 is 14.7 Å². The quantitative estimate of drug-likeness (QED) is 0.635. The van der Waals surface area contributed by atoms with Gasteiger partial charge in [0.1, 0.15) is 17.5 Å². The molecule has 0 radical (unpaired) electrons. The van der Waals surface area contributed by atoms with Gasteiger partial charge in [0.15, 0.2) is 17.4 Å². The molecule has 0 bridgehead atoms. The average Bonchev–Trinajstić information content (AvgIpc) is 3.45. The van der Waals surface area contributed by atoms with Crippen LogP contribution in [-0.4, -0.2) is 73.2 Å². The van der Waals surface area contributed by atoms with Crippen LogP contribution in [0.5, 0.6) is 5.75 Å². The van der Waals surface area contributed by atoms with Crippen molar-refractivity contribution in [1.29, 1.82) is 5.26 Å². The van der Waals surface area contributed by atoms with Gasteiger partial charge in [-0.05, 0) is 32.4 Å². The number of nitriles is 1. The molecular formula is C25H23F2N7O4. The van der Waals surface area contributed by atoms with E-state index in [0.29, 0.717) is 29.8 Å². The number of carboxylic acid groups (broad SMARTS) is 1. The summed E-state index contributed by atoms with van der Waals surface area (Å²) in [4.78, 5) is 30.1. The number of ether oxygens (including phenoxy) is 1. The highest BCUT2D eigenvalue weighted by Gasteiger charge is 2.41. The third-order valence-electron chi connectivity index (χ3n) is 6.78. The van der Waals surface area contributed by atoms with E-state index in [-0.39, 0.29) is 42.2 Å². The number of hydrazone groups is 1. The van der Waals surface area contributed by atoms with Crippen LogP contribution in [0.2, 0.25) is 0 Å². The number of aryl methyl sites for hydroxylation is 1. The minimum absolute atomic E-state index is 0.0425. The summed E-state index contributed by atoms with van der Waals surface area (Å²) in [5, 5.41) is 28.3. The second kappa shape index (κ2) is 9.70. The van der Waals surface area contributed by atoms with Gasteiger partial charge in [-0.3, -0.25) is 0 Å². The smallest absolute Gasteiger partial charge is 0.340 e. The Hall–Kier alpha value is -4.60. The molecule has 1 aliphatic carbocycles. The summed E-state index contributed by atoms with van der Waals surface area (Å²) in [7, 11) is 0. The lowest BCUT2D eigenvalue weighted by atomic mass is 9.87. The van der Waals surface area contributed by atoms with E-state index in [4.69, 9.17) is 4.74 Å². The normalized spacial score (nSPS) is 21.0. The highest BCUT2D eigenvalue weighted by Crippen LogP contribution is 2.33. The second-order valence-electron chi connectivity index (χ2n) is 9.31. The van der Waals surface area contributed by atoms with E-state index < -0.39 is 29.8 Å². The summed E-state index contributed by atoms with van der Waals surface area (Å²) < 4.78 is 35.6. The summed E-state index contributed by atoms with van der Waals surface area (Å²) in [5.41, 5.74) is 0.989. The van der Waals surface area contributed by atoms with Crippen LogP contribution in [0.15, 0.2) is 40.9 Å². The first-order chi connectivity index (χ1) is 18.2. The Kier molecular flexibility index (Phi) is 6.40. The zero-order valence-corrected chi connectivity index (χ0v) is 20.5. The number of carbonyl (C=O) groups excluding carboxylic acids is 1. The number of hydrogen-bond acceptors (Lipinski definition) is 7. The Morgan fingerprint density at radius 1 is 1.26 bits per heavy atom. The molecule has 0 spiro atoms. The van der Waals surface area contributed by atoms with Crippen molar-refractivity contribution in [2.24, 2.45) is 11.0 Å². The molecule has 1 unspecified atom stereocenters. The van der Waals surface area contributed by atoms with Gasteiger partial charge in [-0.2, -0.15) is 15.5 Å². The molecule has 1 N–H and O–H groups in total. The van der Waals surface area contributed by atoms with E-state index in [1.165, 1.54) is 32.8 Å². The van der Waals surface area contributed by atoms with Crippen LogP contribution < -0.4 is 4.74 Å². The van der Waals surface area contributed by atoms with Crippen molar-refractivity contribution in [3.05, 3.63) is 58.6 Å². The van der Waals surface area contributed by atoms with Crippen LogP contribution >= 0.6 is 0 Å². The third-order valence-corrected chi connectivity index (χ3v) is 6.78. The number of nitrogens with zero attached hydrogens (tertiary/aromatic N) is 7. The van der Waals surface area contributed by atoms with Gasteiger partial charge in [-0.1, -0.05) is 0 Å². The van der Waals surface area contributed by atoms with Crippen molar-refractivity contribution in [2.45, 2.75) is 38.8 Å². The second-order valence-corrected chi connectivity index (χ2v) is 9.31. The fourth-order valence-corrected chi connectivity index (χ4v) is 4.88. The van der Waals surface area contributed by atoms with Crippen molar-refractivity contribution in [1.82, 2.24) is 24.7 Å². The standard InChI is InChI=1S/C25H23F2N7O4/c1-13-23(24(35)36)14(2)33(31-13)22-8-21(19(27)10-29-22)38-18-11-32(12-18)25(37)34-20(3-4-30-34)16-5-15(9-28)6-17(26)7-16/h4,6-8,10,16,18,20H,3,5,11-12H2,1-2H3,(H,35,36)/t16?,20-/m0/s1. The number of aromatic carboxylic acids is 1. The molecule has 2 aromatic heterocycles. The number of allylic oxidation sites excluding steroid dienone is 3. The number of carboxylic acids is 1. The highest BCUT2D eigenvalue weighted by molar-refractivity contribution is 5.90. The van der Waals surface area contributed by atoms with Gasteiger partial charge in [0.2, 0.25) is 0 Å². The Morgan fingerprint density at radius 3 is 2.71 bits per heavy atom. The van der Waals surface area contributed by atoms with Crippen LogP contribution in [0, 0.1) is 36.9 Å². The maximum atomic E-state index is 14.5. The number of pyridine rings is 1. The topological polar surface area (TPSA) is 137 Å². The molecule has 2 amide bonds. The number of carbonyl (C=O) groups is 2. The fraction of sp³-hybridized carbons (Fsp3) is 0.360. The van der Waals surface area contributed by atoms with Gasteiger partial charge in [-0.25, -0.2) is 33.0 Å². The minimum Gasteiger partial charge on any atom is -0.483 e. The molecule has 5 rings (SSSR count). The van der Waals surface area contributed by atoms with Gasteiger partial charge in [0, 0.05) is 30.2 Å². The molecule has 3 aliphatic rings. The Labute approximate surface area is 215 Å². The lowest BCUT2D eigenvalue weighted by Gasteiger charge is -2.41. The molecule has 0 aromatic carbocycles. The molecule has 4 heterocycles. The predicted molar refractivity (Wildman–Crippen MR) is 129 cm³/mol. The van der Waals surface area contributed by atoms with Gasteiger partial charge in [0.25, 0.3) is 0 Å². The highest BCUT2D eigenvalue weighted by atomic mass is 19.1. The molecule has 0 saturated carbocycles. The van der Waals surface area contributed by atoms with E-state index >= 15 is 0 Å². The van der Waals surface area contributed by atoms with Crippen molar-refractivity contribution < 1.29 is 28.2 Å². The first-order valence-corrected chi connectivity index (χ1v) is 11.9. The fourth-order valence-electron chi connectivity index (χ4n) is 4.88. The van der Waals surface area contributed by atoms with E-state index in [1.807, 2.05) is 6.07 Å². The summed E-state index contributed by atoms with van der Waals surface area (Å²) in [5.74, 6) is -2.64. The minimum atomic E-state index is -1.12. The molecule has 38 heavy (non-hydrogen) atoms. The molecule has 11 nitrogen and oxygen atoms in total. The van der Waals surface area contributed by atoms with E-state index in [2.05, 4.69) is 15.2 Å². The zero-order chi connectivity index (χ0) is 27.1. The molecule has 1 saturated heterocycles. The Balaban J connectivity index is 1.24. The largest absolute Gasteiger partial charge is 0.483 e. The maximum Gasteiger partial charge on any atom is 0.340 e. The van der Waals surface area contributed by atoms with Crippen molar-refractivity contribution in [3.8, 4) is 17.6 Å². The molecule has 2 aliphatic heterocycles. The SMILES string of the molecule is Cc1nn(-c2cc(OC3CN(C(=O)N4N=CC[C@H]4C4C=C(F)C=C(C#N)C4)C3)c(F)cn2)c(C)c1C(=O)O. The molecule has 2 atom stereocenters. The number of urea groups is 1. The van der Waals surface area contributed by atoms with Gasteiger partial charge >= 0.3 is 12.0 Å². The van der Waals surface area contributed by atoms with Crippen LogP contribution in [-0.2, 0) is 0 Å². The number of aromatic nitrogens is 3. The first-order valence-electron chi connectivity index (χ1n) is 11.9.